The highest BCUT2D eigenvalue weighted by atomic mass is 16.1. The summed E-state index contributed by atoms with van der Waals surface area (Å²) < 4.78 is 3.56. The van der Waals surface area contributed by atoms with Gasteiger partial charge in [-0.15, -0.1) is 0 Å². The van der Waals surface area contributed by atoms with Gasteiger partial charge in [-0.25, -0.2) is 14.6 Å². The minimum atomic E-state index is -0.0489. The fraction of sp³-hybridized carbons (Fsp3) is 0.412. The summed E-state index contributed by atoms with van der Waals surface area (Å²) in [5.41, 5.74) is 1.40. The average molecular weight is 324 g/mol. The highest BCUT2D eigenvalue weighted by molar-refractivity contribution is 5.37. The first kappa shape index (κ1) is 15.0. The predicted octanol–water partition coefficient (Wildman–Crippen LogP) is 0.953. The molecule has 0 bridgehead atoms. The van der Waals surface area contributed by atoms with Crippen molar-refractivity contribution in [1.82, 2.24) is 29.5 Å². The maximum atomic E-state index is 12.1. The molecule has 0 aromatic carbocycles. The minimum absolute atomic E-state index is 0.0489. The van der Waals surface area contributed by atoms with Gasteiger partial charge in [0.05, 0.1) is 12.2 Å². The first-order chi connectivity index (χ1) is 11.7. The van der Waals surface area contributed by atoms with Crippen molar-refractivity contribution in [2.75, 3.05) is 0 Å². The van der Waals surface area contributed by atoms with E-state index in [4.69, 9.17) is 0 Å². The van der Waals surface area contributed by atoms with Gasteiger partial charge in [0.1, 0.15) is 11.5 Å². The van der Waals surface area contributed by atoms with Crippen molar-refractivity contribution in [2.24, 2.45) is 0 Å². The van der Waals surface area contributed by atoms with Gasteiger partial charge in [-0.3, -0.25) is 9.20 Å². The molecule has 3 aromatic rings. The zero-order chi connectivity index (χ0) is 16.5. The molecule has 4 heterocycles. The van der Waals surface area contributed by atoms with E-state index in [0.717, 1.165) is 43.1 Å². The van der Waals surface area contributed by atoms with Gasteiger partial charge in [0, 0.05) is 37.7 Å². The average Bonchev–Trinajstić information content (AvgIpc) is 3.02. The van der Waals surface area contributed by atoms with Gasteiger partial charge < -0.3 is 5.32 Å². The third-order valence-electron chi connectivity index (χ3n) is 4.41. The molecule has 7 nitrogen and oxygen atoms in total. The van der Waals surface area contributed by atoms with Crippen molar-refractivity contribution in [3.05, 3.63) is 58.2 Å². The monoisotopic (exact) mass is 324 g/mol. The summed E-state index contributed by atoms with van der Waals surface area (Å²) in [5, 5.41) is 8.02. The fourth-order valence-corrected chi connectivity index (χ4v) is 3.12. The lowest BCUT2D eigenvalue weighted by Crippen LogP contribution is -2.37. The van der Waals surface area contributed by atoms with Gasteiger partial charge in [-0.2, -0.15) is 5.10 Å². The van der Waals surface area contributed by atoms with E-state index in [1.54, 1.807) is 16.7 Å². The molecule has 1 atom stereocenters. The summed E-state index contributed by atoms with van der Waals surface area (Å²) in [5.74, 6) is 1.99. The molecule has 0 spiro atoms. The molecule has 0 fully saturated rings. The van der Waals surface area contributed by atoms with Crippen LogP contribution in [0.1, 0.15) is 30.7 Å². The Morgan fingerprint density at radius 1 is 1.33 bits per heavy atom. The van der Waals surface area contributed by atoms with Crippen LogP contribution in [0.15, 0.2) is 35.3 Å². The maximum Gasteiger partial charge on any atom is 0.258 e. The summed E-state index contributed by atoms with van der Waals surface area (Å²) in [6, 6.07) is 7.48. The molecule has 0 amide bonds. The first-order valence-corrected chi connectivity index (χ1v) is 8.36. The molecule has 124 valence electrons. The van der Waals surface area contributed by atoms with Gasteiger partial charge in [-0.05, 0) is 18.6 Å². The van der Waals surface area contributed by atoms with E-state index in [9.17, 15) is 4.79 Å². The molecular weight excluding hydrogens is 304 g/mol. The first-order valence-electron chi connectivity index (χ1n) is 8.36. The molecule has 1 aliphatic rings. The number of hydrogen-bond acceptors (Lipinski definition) is 5. The summed E-state index contributed by atoms with van der Waals surface area (Å²) >= 11 is 0. The lowest BCUT2D eigenvalue weighted by Gasteiger charge is -2.23. The Morgan fingerprint density at radius 3 is 3.12 bits per heavy atom. The lowest BCUT2D eigenvalue weighted by atomic mass is 10.1. The standard InChI is InChI=1S/C17H20N6O/c1-2-14-20-16-7-6-12(11-23(16)21-14)18-10-13-9-17(24)22-8-4-3-5-15(22)19-13/h3-5,8-9,12,18H,2,6-7,10-11H2,1H3/t12-/m0/s1. The van der Waals surface area contributed by atoms with Crippen LogP contribution in [0.3, 0.4) is 0 Å². The van der Waals surface area contributed by atoms with Gasteiger partial charge in [0.2, 0.25) is 0 Å². The van der Waals surface area contributed by atoms with E-state index in [-0.39, 0.29) is 5.56 Å². The molecule has 1 N–H and O–H groups in total. The van der Waals surface area contributed by atoms with Crippen LogP contribution in [0, 0.1) is 0 Å². The SMILES string of the molecule is CCc1nc2n(n1)C[C@@H](NCc1cc(=O)n3ccccc3n1)CC2. The van der Waals surface area contributed by atoms with Crippen LogP contribution in [-0.2, 0) is 25.9 Å². The highest BCUT2D eigenvalue weighted by Crippen LogP contribution is 2.13. The normalized spacial score (nSPS) is 17.1. The number of rotatable bonds is 4. The molecule has 0 saturated carbocycles. The van der Waals surface area contributed by atoms with Crippen molar-refractivity contribution >= 4 is 5.65 Å². The van der Waals surface area contributed by atoms with E-state index in [1.165, 1.54) is 0 Å². The van der Waals surface area contributed by atoms with E-state index in [1.807, 2.05) is 22.9 Å². The highest BCUT2D eigenvalue weighted by Gasteiger charge is 2.21. The Labute approximate surface area is 139 Å². The van der Waals surface area contributed by atoms with Crippen LogP contribution in [0.5, 0.6) is 0 Å². The third-order valence-corrected chi connectivity index (χ3v) is 4.41. The van der Waals surface area contributed by atoms with Crippen LogP contribution in [0.2, 0.25) is 0 Å². The van der Waals surface area contributed by atoms with Gasteiger partial charge in [0.25, 0.3) is 5.56 Å². The smallest absolute Gasteiger partial charge is 0.258 e. The molecule has 3 aromatic heterocycles. The number of nitrogens with one attached hydrogen (secondary N) is 1. The Kier molecular flexibility index (Phi) is 3.86. The Bertz CT molecular complexity index is 928. The second-order valence-corrected chi connectivity index (χ2v) is 6.11. The molecular formula is C17H20N6O. The summed E-state index contributed by atoms with van der Waals surface area (Å²) in [4.78, 5) is 21.2. The van der Waals surface area contributed by atoms with E-state index in [0.29, 0.717) is 18.2 Å². The van der Waals surface area contributed by atoms with Crippen LogP contribution in [0.4, 0.5) is 0 Å². The number of nitrogens with zero attached hydrogens (tertiary/aromatic N) is 5. The van der Waals surface area contributed by atoms with Crippen molar-refractivity contribution in [3.63, 3.8) is 0 Å². The van der Waals surface area contributed by atoms with Crippen molar-refractivity contribution < 1.29 is 0 Å². The minimum Gasteiger partial charge on any atom is -0.307 e. The van der Waals surface area contributed by atoms with E-state index in [2.05, 4.69) is 27.3 Å². The van der Waals surface area contributed by atoms with E-state index >= 15 is 0 Å². The summed E-state index contributed by atoms with van der Waals surface area (Å²) in [6.07, 6.45) is 4.55. The molecule has 7 heteroatoms. The second kappa shape index (κ2) is 6.16. The van der Waals surface area contributed by atoms with Crippen molar-refractivity contribution in [2.45, 2.75) is 45.3 Å². The molecule has 4 rings (SSSR count). The van der Waals surface area contributed by atoms with Crippen LogP contribution in [-0.4, -0.2) is 30.2 Å². The quantitative estimate of drug-likeness (QED) is 0.773. The molecule has 24 heavy (non-hydrogen) atoms. The third kappa shape index (κ3) is 2.82. The zero-order valence-electron chi connectivity index (χ0n) is 13.6. The Hall–Kier alpha value is -2.54. The largest absolute Gasteiger partial charge is 0.307 e. The number of aromatic nitrogens is 5. The van der Waals surface area contributed by atoms with Crippen LogP contribution < -0.4 is 10.9 Å². The van der Waals surface area contributed by atoms with Gasteiger partial charge >= 0.3 is 0 Å². The maximum absolute atomic E-state index is 12.1. The van der Waals surface area contributed by atoms with Gasteiger partial charge in [0.15, 0.2) is 5.82 Å². The summed E-state index contributed by atoms with van der Waals surface area (Å²) in [6.45, 7) is 3.46. The predicted molar refractivity (Wildman–Crippen MR) is 89.8 cm³/mol. The van der Waals surface area contributed by atoms with Crippen molar-refractivity contribution in [1.29, 1.82) is 0 Å². The lowest BCUT2D eigenvalue weighted by molar-refractivity contribution is 0.356. The molecule has 0 saturated heterocycles. The van der Waals surface area contributed by atoms with Crippen molar-refractivity contribution in [3.8, 4) is 0 Å². The molecule has 0 aliphatic carbocycles. The number of aryl methyl sites for hydroxylation is 2. The molecule has 0 radical (unpaired) electrons. The second-order valence-electron chi connectivity index (χ2n) is 6.11. The van der Waals surface area contributed by atoms with Crippen LogP contribution >= 0.6 is 0 Å². The van der Waals surface area contributed by atoms with E-state index < -0.39 is 0 Å². The van der Waals surface area contributed by atoms with Crippen LogP contribution in [0.25, 0.3) is 5.65 Å². The zero-order valence-corrected chi connectivity index (χ0v) is 13.6. The Balaban J connectivity index is 1.47. The number of pyridine rings is 1. The number of fused-ring (bicyclic) bond motifs is 2. The topological polar surface area (TPSA) is 77.1 Å². The fourth-order valence-electron chi connectivity index (χ4n) is 3.12. The summed E-state index contributed by atoms with van der Waals surface area (Å²) in [7, 11) is 0. The molecule has 1 aliphatic heterocycles. The Morgan fingerprint density at radius 2 is 2.25 bits per heavy atom. The molecule has 0 unspecified atom stereocenters. The number of hydrogen-bond donors (Lipinski definition) is 1. The van der Waals surface area contributed by atoms with Gasteiger partial charge in [-0.1, -0.05) is 13.0 Å².